The number of carbonyl (C=O) groups is 2. The molecule has 0 radical (unpaired) electrons. The number of rotatable bonds is 5. The van der Waals surface area contributed by atoms with Gasteiger partial charge >= 0.3 is 6.03 Å². The number of piperidine rings is 1. The van der Waals surface area contributed by atoms with Crippen molar-refractivity contribution >= 4 is 17.6 Å². The zero-order valence-electron chi connectivity index (χ0n) is 20.9. The lowest BCUT2D eigenvalue weighted by Gasteiger charge is -2.62. The van der Waals surface area contributed by atoms with Gasteiger partial charge in [-0.05, 0) is 63.2 Å². The smallest absolute Gasteiger partial charge is 0.318 e. The third-order valence-corrected chi connectivity index (χ3v) is 8.13. The molecular weight excluding hydrogens is 470 g/mol. The van der Waals surface area contributed by atoms with Gasteiger partial charge in [0, 0.05) is 55.1 Å². The van der Waals surface area contributed by atoms with E-state index in [-0.39, 0.29) is 17.3 Å². The van der Waals surface area contributed by atoms with E-state index in [1.54, 1.807) is 41.4 Å². The number of hydrogen-bond acceptors (Lipinski definition) is 7. The Morgan fingerprint density at radius 1 is 1.22 bits per heavy atom. The normalized spacial score (nSPS) is 24.4. The number of urea groups is 1. The minimum atomic E-state index is -1.57. The predicted molar refractivity (Wildman–Crippen MR) is 136 cm³/mol. The van der Waals surface area contributed by atoms with Gasteiger partial charge in [0.25, 0.3) is 5.91 Å². The summed E-state index contributed by atoms with van der Waals surface area (Å²) in [5.74, 6) is -0.136. The first-order valence-electron chi connectivity index (χ1n) is 12.9. The molecule has 2 aromatic rings. The minimum absolute atomic E-state index is 0.143. The van der Waals surface area contributed by atoms with E-state index in [1.807, 2.05) is 6.92 Å². The van der Waals surface area contributed by atoms with E-state index in [0.717, 1.165) is 26.2 Å². The third-order valence-electron chi connectivity index (χ3n) is 8.13. The average Bonchev–Trinajstić information content (AvgIpc) is 3.14. The summed E-state index contributed by atoms with van der Waals surface area (Å²) in [6, 6.07) is 10.9. The number of benzene rings is 1. The second-order valence-electron chi connectivity index (χ2n) is 10.5. The summed E-state index contributed by atoms with van der Waals surface area (Å²) >= 11 is 0. The van der Waals surface area contributed by atoms with Crippen molar-refractivity contribution in [2.24, 2.45) is 5.41 Å². The number of ether oxygens (including phenoxy) is 1. The summed E-state index contributed by atoms with van der Waals surface area (Å²) in [7, 11) is 0. The Kier molecular flexibility index (Phi) is 5.77. The molecule has 3 N–H and O–H groups in total. The fourth-order valence-electron chi connectivity index (χ4n) is 6.35. The highest BCUT2D eigenvalue weighted by Gasteiger charge is 2.57. The fraction of sp³-hybridized carbons (Fsp3) is 0.481. The number of nitrogens with one attached hydrogen (secondary N) is 3. The predicted octanol–water partition coefficient (Wildman–Crippen LogP) is 1.63. The van der Waals surface area contributed by atoms with Crippen molar-refractivity contribution < 1.29 is 14.3 Å². The molecule has 1 aromatic carbocycles. The molecule has 6 rings (SSSR count). The fourth-order valence-corrected chi connectivity index (χ4v) is 6.35. The Morgan fingerprint density at radius 3 is 2.73 bits per heavy atom. The summed E-state index contributed by atoms with van der Waals surface area (Å²) in [6.45, 7) is 7.67. The number of nitriles is 1. The second kappa shape index (κ2) is 9.01. The number of anilines is 1. The molecule has 5 heterocycles. The molecule has 0 bridgehead atoms. The highest BCUT2D eigenvalue weighted by atomic mass is 16.5. The van der Waals surface area contributed by atoms with E-state index in [0.29, 0.717) is 48.1 Å². The maximum absolute atomic E-state index is 13.7. The van der Waals surface area contributed by atoms with Crippen LogP contribution in [0.15, 0.2) is 36.5 Å². The van der Waals surface area contributed by atoms with Crippen LogP contribution in [0.2, 0.25) is 0 Å². The van der Waals surface area contributed by atoms with E-state index in [9.17, 15) is 14.9 Å². The number of likely N-dealkylation sites (tertiary alicyclic amines) is 2. The lowest BCUT2D eigenvalue weighted by Crippen LogP contribution is -2.76. The molecule has 4 aliphatic rings. The number of amides is 3. The highest BCUT2D eigenvalue weighted by Crippen LogP contribution is 2.46. The second-order valence-corrected chi connectivity index (χ2v) is 10.5. The number of pyridine rings is 1. The quantitative estimate of drug-likeness (QED) is 0.569. The van der Waals surface area contributed by atoms with E-state index in [1.165, 1.54) is 12.8 Å². The molecule has 0 aliphatic carbocycles. The summed E-state index contributed by atoms with van der Waals surface area (Å²) in [5, 5.41) is 18.9. The molecule has 192 valence electrons. The third kappa shape index (κ3) is 3.81. The van der Waals surface area contributed by atoms with Gasteiger partial charge in [0.2, 0.25) is 5.88 Å². The first-order valence-corrected chi connectivity index (χ1v) is 12.9. The molecule has 1 spiro atoms. The molecule has 0 unspecified atom stereocenters. The largest absolute Gasteiger partial charge is 0.478 e. The van der Waals surface area contributed by atoms with E-state index >= 15 is 0 Å². The highest BCUT2D eigenvalue weighted by molar-refractivity contribution is 6.10. The Labute approximate surface area is 216 Å². The van der Waals surface area contributed by atoms with Crippen molar-refractivity contribution in [1.29, 1.82) is 5.26 Å². The van der Waals surface area contributed by atoms with Gasteiger partial charge in [0.05, 0.1) is 23.8 Å². The number of nitrogens with zero attached hydrogens (tertiary/aromatic N) is 4. The molecule has 37 heavy (non-hydrogen) atoms. The van der Waals surface area contributed by atoms with Crippen LogP contribution in [0.5, 0.6) is 5.88 Å². The van der Waals surface area contributed by atoms with Crippen molar-refractivity contribution in [2.75, 3.05) is 51.2 Å². The zero-order chi connectivity index (χ0) is 25.6. The SMILES string of the molecule is CCOc1ncccc1[C@]1(NC(=O)N2CC3(C2)CN(C2CCNCC2)C3)C(=O)Nc2ccc(C#N)cc21. The maximum atomic E-state index is 13.7. The van der Waals surface area contributed by atoms with Gasteiger partial charge in [0.15, 0.2) is 5.54 Å². The van der Waals surface area contributed by atoms with Crippen LogP contribution in [0.1, 0.15) is 36.5 Å². The average molecular weight is 502 g/mol. The molecule has 3 fully saturated rings. The van der Waals surface area contributed by atoms with Crippen LogP contribution in [0, 0.1) is 16.7 Å². The van der Waals surface area contributed by atoms with Gasteiger partial charge in [-0.15, -0.1) is 0 Å². The van der Waals surface area contributed by atoms with Crippen molar-refractivity contribution in [3.05, 3.63) is 53.2 Å². The molecule has 3 amide bonds. The first kappa shape index (κ1) is 23.7. The van der Waals surface area contributed by atoms with Gasteiger partial charge in [-0.3, -0.25) is 9.69 Å². The number of fused-ring (bicyclic) bond motifs is 1. The molecule has 4 aliphatic heterocycles. The van der Waals surface area contributed by atoms with E-state index < -0.39 is 11.4 Å². The minimum Gasteiger partial charge on any atom is -0.478 e. The van der Waals surface area contributed by atoms with Gasteiger partial charge < -0.3 is 25.6 Å². The molecule has 1 aromatic heterocycles. The van der Waals surface area contributed by atoms with Gasteiger partial charge in [-0.25, -0.2) is 9.78 Å². The molecular formula is C27H31N7O3. The van der Waals surface area contributed by atoms with Crippen LogP contribution < -0.4 is 20.7 Å². The maximum Gasteiger partial charge on any atom is 0.318 e. The molecule has 0 saturated carbocycles. The Morgan fingerprint density at radius 2 is 2.00 bits per heavy atom. The van der Waals surface area contributed by atoms with Crippen molar-refractivity contribution in [3.63, 3.8) is 0 Å². The molecule has 10 nitrogen and oxygen atoms in total. The van der Waals surface area contributed by atoms with E-state index in [2.05, 4.69) is 31.9 Å². The van der Waals surface area contributed by atoms with Crippen LogP contribution in [0.25, 0.3) is 0 Å². The Balaban J connectivity index is 1.26. The van der Waals surface area contributed by atoms with Gasteiger partial charge in [-0.2, -0.15) is 5.26 Å². The topological polar surface area (TPSA) is 123 Å². The summed E-state index contributed by atoms with van der Waals surface area (Å²) in [5.41, 5.74) is 0.464. The Bertz CT molecular complexity index is 1270. The van der Waals surface area contributed by atoms with Crippen molar-refractivity contribution in [3.8, 4) is 11.9 Å². The van der Waals surface area contributed by atoms with Crippen LogP contribution in [0.3, 0.4) is 0 Å². The zero-order valence-corrected chi connectivity index (χ0v) is 20.9. The van der Waals surface area contributed by atoms with Crippen LogP contribution in [0.4, 0.5) is 10.5 Å². The summed E-state index contributed by atoms with van der Waals surface area (Å²) < 4.78 is 5.77. The first-order chi connectivity index (χ1) is 18.0. The summed E-state index contributed by atoms with van der Waals surface area (Å²) in [6.07, 6.45) is 3.94. The van der Waals surface area contributed by atoms with Crippen molar-refractivity contribution in [1.82, 2.24) is 25.4 Å². The number of aromatic nitrogens is 1. The molecule has 1 atom stereocenters. The van der Waals surface area contributed by atoms with E-state index in [4.69, 9.17) is 4.74 Å². The standard InChI is InChI=1S/C27H31N7O3/c1-2-37-23-20(4-3-9-30-23)27(21-12-18(13-28)5-6-22(21)31-24(27)35)32-25(36)34-16-26(17-34)14-33(15-26)19-7-10-29-11-8-19/h3-6,9,12,19,29H,2,7-8,10-11,14-17H2,1H3,(H,31,35)(H,32,36)/t27-/m1/s1. The lowest BCUT2D eigenvalue weighted by atomic mass is 9.71. The monoisotopic (exact) mass is 501 g/mol. The molecule has 10 heteroatoms. The van der Waals surface area contributed by atoms with Gasteiger partial charge in [-0.1, -0.05) is 0 Å². The lowest BCUT2D eigenvalue weighted by molar-refractivity contribution is -0.122. The molecule has 3 saturated heterocycles. The van der Waals surface area contributed by atoms with Crippen molar-refractivity contribution in [2.45, 2.75) is 31.3 Å². The van der Waals surface area contributed by atoms with Gasteiger partial charge in [0.1, 0.15) is 0 Å². The Hall–Kier alpha value is -3.68. The number of carbonyl (C=O) groups excluding carboxylic acids is 2. The van der Waals surface area contributed by atoms with Crippen LogP contribution >= 0.6 is 0 Å². The number of hydrogen-bond donors (Lipinski definition) is 3. The summed E-state index contributed by atoms with van der Waals surface area (Å²) in [4.78, 5) is 36.0. The van der Waals surface area contributed by atoms with Crippen LogP contribution in [-0.4, -0.2) is 78.6 Å². The van der Waals surface area contributed by atoms with Crippen LogP contribution in [-0.2, 0) is 10.3 Å².